The zero-order valence-corrected chi connectivity index (χ0v) is 20.8. The molecule has 0 radical (unpaired) electrons. The van der Waals surface area contributed by atoms with Gasteiger partial charge in [-0.25, -0.2) is 4.98 Å². The van der Waals surface area contributed by atoms with Crippen molar-refractivity contribution in [2.75, 3.05) is 56.6 Å². The van der Waals surface area contributed by atoms with Crippen molar-refractivity contribution in [3.8, 4) is 17.3 Å². The number of hydrogen-bond acceptors (Lipinski definition) is 11. The lowest BCUT2D eigenvalue weighted by molar-refractivity contribution is 0.201. The molecule has 12 nitrogen and oxygen atoms in total. The Kier molecular flexibility index (Phi) is 6.24. The van der Waals surface area contributed by atoms with Crippen molar-refractivity contribution in [1.82, 2.24) is 29.0 Å². The van der Waals surface area contributed by atoms with Gasteiger partial charge in [-0.05, 0) is 24.3 Å². The summed E-state index contributed by atoms with van der Waals surface area (Å²) in [5.74, 6) is 1.83. The van der Waals surface area contributed by atoms with Crippen molar-refractivity contribution >= 4 is 39.0 Å². The van der Waals surface area contributed by atoms with E-state index < -0.39 is 0 Å². The van der Waals surface area contributed by atoms with Gasteiger partial charge in [-0.15, -0.1) is 5.10 Å². The Labute approximate surface area is 215 Å². The van der Waals surface area contributed by atoms with Crippen LogP contribution in [0.5, 0.6) is 5.75 Å². The molecule has 0 spiro atoms. The minimum atomic E-state index is -0.101. The second-order valence-corrected chi connectivity index (χ2v) is 9.65. The number of aromatic nitrogens is 5. The van der Waals surface area contributed by atoms with Gasteiger partial charge in [-0.1, -0.05) is 17.4 Å². The molecule has 5 heterocycles. The average molecular weight is 523 g/mol. The topological polar surface area (TPSA) is 140 Å². The summed E-state index contributed by atoms with van der Waals surface area (Å²) in [6, 6.07) is 11.5. The first-order valence-corrected chi connectivity index (χ1v) is 12.8. The minimum absolute atomic E-state index is 0.0106. The molecule has 0 saturated carbocycles. The number of benzene rings is 1. The maximum absolute atomic E-state index is 12.9. The molecular formula is C24H26N8O4S. The number of hydrogen-bond donors (Lipinski definition) is 2. The molecule has 3 N–H and O–H groups in total. The number of nitrogens with zero attached hydrogens (tertiary/aromatic N) is 7. The van der Waals surface area contributed by atoms with Crippen LogP contribution in [0.15, 0.2) is 51.9 Å². The van der Waals surface area contributed by atoms with Crippen LogP contribution in [0.25, 0.3) is 27.6 Å². The molecule has 13 heteroatoms. The molecule has 37 heavy (non-hydrogen) atoms. The number of furan rings is 1. The summed E-state index contributed by atoms with van der Waals surface area (Å²) in [6.45, 7) is 4.96. The molecular weight excluding hydrogens is 496 g/mol. The molecule has 1 aliphatic rings. The maximum Gasteiger partial charge on any atom is 0.309 e. The quantitative estimate of drug-likeness (QED) is 0.308. The SMILES string of the molecule is Nc1nc2c(sc(=O)n2CCN2CCN(c3cccc(OCCO)c3)CC2)c2nc(-c3ccco3)nn12. The van der Waals surface area contributed by atoms with E-state index in [9.17, 15) is 4.79 Å². The fourth-order valence-electron chi connectivity index (χ4n) is 4.54. The number of thiazole rings is 1. The van der Waals surface area contributed by atoms with Gasteiger partial charge in [0, 0.05) is 51.0 Å². The van der Waals surface area contributed by atoms with Crippen molar-refractivity contribution < 1.29 is 14.3 Å². The van der Waals surface area contributed by atoms with Gasteiger partial charge < -0.3 is 24.9 Å². The van der Waals surface area contributed by atoms with Crippen molar-refractivity contribution in [3.05, 3.63) is 52.3 Å². The van der Waals surface area contributed by atoms with E-state index in [0.29, 0.717) is 34.1 Å². The third kappa shape index (κ3) is 4.52. The number of nitrogens with two attached hydrogens (primary N) is 1. The van der Waals surface area contributed by atoms with E-state index in [-0.39, 0.29) is 24.0 Å². The molecule has 4 aromatic heterocycles. The van der Waals surface area contributed by atoms with E-state index in [1.54, 1.807) is 23.0 Å². The van der Waals surface area contributed by atoms with Gasteiger partial charge in [-0.2, -0.15) is 9.50 Å². The third-order valence-corrected chi connectivity index (χ3v) is 7.38. The summed E-state index contributed by atoms with van der Waals surface area (Å²) >= 11 is 1.10. The molecule has 0 unspecified atom stereocenters. The number of rotatable bonds is 8. The molecule has 1 fully saturated rings. The van der Waals surface area contributed by atoms with Crippen LogP contribution in [0.2, 0.25) is 0 Å². The number of fused-ring (bicyclic) bond motifs is 3. The van der Waals surface area contributed by atoms with E-state index in [1.165, 1.54) is 4.52 Å². The summed E-state index contributed by atoms with van der Waals surface area (Å²) < 4.78 is 14.7. The monoisotopic (exact) mass is 522 g/mol. The van der Waals surface area contributed by atoms with Crippen LogP contribution in [0.1, 0.15) is 0 Å². The zero-order chi connectivity index (χ0) is 25.4. The number of ether oxygens (including phenoxy) is 1. The van der Waals surface area contributed by atoms with Crippen LogP contribution in [0, 0.1) is 0 Å². The summed E-state index contributed by atoms with van der Waals surface area (Å²) in [4.78, 5) is 26.5. The van der Waals surface area contributed by atoms with Crippen molar-refractivity contribution in [2.45, 2.75) is 6.54 Å². The van der Waals surface area contributed by atoms with Gasteiger partial charge in [0.15, 0.2) is 17.1 Å². The predicted molar refractivity (Wildman–Crippen MR) is 140 cm³/mol. The standard InChI is InChI=1S/C24H26N8O4S/c25-23-27-21-19(22-26-20(28-32(22)23)18-5-2-13-36-18)37-24(34)31(21)11-8-29-6-9-30(10-7-29)16-3-1-4-17(15-16)35-14-12-33/h1-5,13,15,33H,6-12,14H2,(H2,25,27). The summed E-state index contributed by atoms with van der Waals surface area (Å²) in [5.41, 5.74) is 8.30. The first-order chi connectivity index (χ1) is 18.1. The average Bonchev–Trinajstić information content (AvgIpc) is 3.66. The molecule has 1 saturated heterocycles. The van der Waals surface area contributed by atoms with Gasteiger partial charge in [0.2, 0.25) is 11.8 Å². The molecule has 1 aromatic carbocycles. The van der Waals surface area contributed by atoms with E-state index in [4.69, 9.17) is 20.0 Å². The van der Waals surface area contributed by atoms with Crippen LogP contribution in [0.4, 0.5) is 11.6 Å². The van der Waals surface area contributed by atoms with Crippen LogP contribution >= 0.6 is 11.3 Å². The fourth-order valence-corrected chi connectivity index (χ4v) is 5.47. The largest absolute Gasteiger partial charge is 0.491 e. The Hall–Kier alpha value is -3.94. The summed E-state index contributed by atoms with van der Waals surface area (Å²) in [5, 5.41) is 13.4. The van der Waals surface area contributed by atoms with Gasteiger partial charge >= 0.3 is 4.87 Å². The van der Waals surface area contributed by atoms with E-state index in [2.05, 4.69) is 30.9 Å². The maximum atomic E-state index is 12.9. The molecule has 0 aliphatic carbocycles. The highest BCUT2D eigenvalue weighted by atomic mass is 32.1. The van der Waals surface area contributed by atoms with Gasteiger partial charge in [0.1, 0.15) is 17.1 Å². The molecule has 1 aliphatic heterocycles. The number of aliphatic hydroxyl groups excluding tert-OH is 1. The Balaban J connectivity index is 1.16. The van der Waals surface area contributed by atoms with Crippen LogP contribution in [0.3, 0.4) is 0 Å². The van der Waals surface area contributed by atoms with E-state index >= 15 is 0 Å². The Bertz CT molecular complexity index is 1580. The Morgan fingerprint density at radius 3 is 2.73 bits per heavy atom. The van der Waals surface area contributed by atoms with Crippen molar-refractivity contribution in [3.63, 3.8) is 0 Å². The van der Waals surface area contributed by atoms with Crippen LogP contribution in [-0.4, -0.2) is 80.1 Å². The highest BCUT2D eigenvalue weighted by Gasteiger charge is 2.21. The summed E-state index contributed by atoms with van der Waals surface area (Å²) in [6.07, 6.45) is 1.55. The van der Waals surface area contributed by atoms with Crippen molar-refractivity contribution in [2.24, 2.45) is 0 Å². The molecule has 0 bridgehead atoms. The number of aliphatic hydroxyl groups is 1. The smallest absolute Gasteiger partial charge is 0.309 e. The molecule has 192 valence electrons. The number of nitrogen functional groups attached to an aromatic ring is 1. The predicted octanol–water partition coefficient (Wildman–Crippen LogP) is 1.54. The number of anilines is 2. The molecule has 0 atom stereocenters. The second kappa shape index (κ2) is 9.84. The lowest BCUT2D eigenvalue weighted by Gasteiger charge is -2.36. The normalized spacial score (nSPS) is 14.7. The Morgan fingerprint density at radius 2 is 1.95 bits per heavy atom. The van der Waals surface area contributed by atoms with Crippen LogP contribution in [-0.2, 0) is 6.54 Å². The van der Waals surface area contributed by atoms with Crippen molar-refractivity contribution in [1.29, 1.82) is 0 Å². The van der Waals surface area contributed by atoms with Gasteiger partial charge in [-0.3, -0.25) is 14.3 Å². The first kappa shape index (κ1) is 23.5. The minimum Gasteiger partial charge on any atom is -0.491 e. The molecule has 6 rings (SSSR count). The lowest BCUT2D eigenvalue weighted by Crippen LogP contribution is -2.47. The van der Waals surface area contributed by atoms with Gasteiger partial charge in [0.25, 0.3) is 0 Å². The van der Waals surface area contributed by atoms with Crippen LogP contribution < -0.4 is 20.2 Å². The number of piperazine rings is 1. The Morgan fingerprint density at radius 1 is 1.08 bits per heavy atom. The fraction of sp³-hybridized carbons (Fsp3) is 0.333. The lowest BCUT2D eigenvalue weighted by atomic mass is 10.2. The highest BCUT2D eigenvalue weighted by molar-refractivity contribution is 7.17. The van der Waals surface area contributed by atoms with E-state index in [0.717, 1.165) is 55.5 Å². The second-order valence-electron chi connectivity index (χ2n) is 8.69. The molecule has 5 aromatic rings. The van der Waals surface area contributed by atoms with Gasteiger partial charge in [0.05, 0.1) is 12.9 Å². The van der Waals surface area contributed by atoms with E-state index in [1.807, 2.05) is 18.2 Å². The highest BCUT2D eigenvalue weighted by Crippen LogP contribution is 2.26. The molecule has 0 amide bonds. The third-order valence-electron chi connectivity index (χ3n) is 6.41. The zero-order valence-electron chi connectivity index (χ0n) is 20.0. The summed E-state index contributed by atoms with van der Waals surface area (Å²) in [7, 11) is 0. The first-order valence-electron chi connectivity index (χ1n) is 12.0.